The predicted molar refractivity (Wildman–Crippen MR) is 76.0 cm³/mol. The lowest BCUT2D eigenvalue weighted by atomic mass is 10.2. The first kappa shape index (κ1) is 14.3. The van der Waals surface area contributed by atoms with E-state index in [-0.39, 0.29) is 23.9 Å². The van der Waals surface area contributed by atoms with Gasteiger partial charge in [-0.2, -0.15) is 0 Å². The molecule has 104 valence electrons. The number of benzene rings is 1. The molecule has 0 fully saturated rings. The lowest BCUT2D eigenvalue weighted by Gasteiger charge is -2.09. The van der Waals surface area contributed by atoms with Crippen molar-refractivity contribution in [3.05, 3.63) is 63.5 Å². The van der Waals surface area contributed by atoms with Crippen LogP contribution in [-0.4, -0.2) is 9.91 Å². The summed E-state index contributed by atoms with van der Waals surface area (Å²) >= 11 is 5.74. The van der Waals surface area contributed by atoms with Crippen molar-refractivity contribution in [2.75, 3.05) is 0 Å². The Morgan fingerprint density at radius 2 is 2.20 bits per heavy atom. The fourth-order valence-electron chi connectivity index (χ4n) is 1.72. The molecule has 20 heavy (non-hydrogen) atoms. The van der Waals surface area contributed by atoms with Gasteiger partial charge in [-0.15, -0.1) is 11.6 Å². The molecular formula is C14H13ClN2O3. The molecule has 6 heteroatoms. The molecule has 2 rings (SSSR count). The second-order valence-corrected chi connectivity index (χ2v) is 4.52. The minimum atomic E-state index is -0.474. The van der Waals surface area contributed by atoms with Gasteiger partial charge in [0.1, 0.15) is 6.61 Å². The molecule has 0 aliphatic heterocycles. The molecule has 0 aliphatic rings. The Balaban J connectivity index is 2.24. The van der Waals surface area contributed by atoms with Crippen LogP contribution in [0, 0.1) is 17.0 Å². The third-order valence-electron chi connectivity index (χ3n) is 2.86. The first-order chi connectivity index (χ1) is 9.61. The summed E-state index contributed by atoms with van der Waals surface area (Å²) in [7, 11) is 0. The van der Waals surface area contributed by atoms with Crippen LogP contribution in [0.25, 0.3) is 0 Å². The number of nitro groups is 1. The molecule has 1 aromatic carbocycles. The number of aryl methyl sites for hydroxylation is 1. The highest BCUT2D eigenvalue weighted by atomic mass is 35.5. The Labute approximate surface area is 121 Å². The molecule has 1 aromatic heterocycles. The Kier molecular flexibility index (Phi) is 4.53. The van der Waals surface area contributed by atoms with E-state index in [0.29, 0.717) is 0 Å². The molecule has 0 atom stereocenters. The van der Waals surface area contributed by atoms with Gasteiger partial charge < -0.3 is 4.74 Å². The summed E-state index contributed by atoms with van der Waals surface area (Å²) in [5.74, 6) is 0.481. The van der Waals surface area contributed by atoms with Crippen molar-refractivity contribution in [3.63, 3.8) is 0 Å². The minimum Gasteiger partial charge on any atom is -0.480 e. The number of aromatic nitrogens is 1. The lowest BCUT2D eigenvalue weighted by Crippen LogP contribution is -2.03. The van der Waals surface area contributed by atoms with E-state index >= 15 is 0 Å². The Morgan fingerprint density at radius 3 is 2.85 bits per heavy atom. The van der Waals surface area contributed by atoms with Gasteiger partial charge in [0, 0.05) is 18.1 Å². The Morgan fingerprint density at radius 1 is 1.40 bits per heavy atom. The summed E-state index contributed by atoms with van der Waals surface area (Å²) in [6.07, 6.45) is 1.66. The van der Waals surface area contributed by atoms with Gasteiger partial charge in [-0.1, -0.05) is 12.1 Å². The molecule has 0 spiro atoms. The largest absolute Gasteiger partial charge is 0.480 e. The molecule has 0 amide bonds. The van der Waals surface area contributed by atoms with Crippen molar-refractivity contribution < 1.29 is 9.66 Å². The number of alkyl halides is 1. The van der Waals surface area contributed by atoms with Crippen molar-refractivity contribution in [1.29, 1.82) is 0 Å². The van der Waals surface area contributed by atoms with Gasteiger partial charge in [-0.25, -0.2) is 0 Å². The molecule has 1 heterocycles. The standard InChI is InChI=1S/C14H13ClN2O3/c1-10-3-2-6-16-12(10)9-20-14-7-11(8-15)4-5-13(14)17(18)19/h2-7H,8-9H2,1H3. The number of pyridine rings is 1. The molecule has 0 bridgehead atoms. The van der Waals surface area contributed by atoms with Crippen molar-refractivity contribution in [3.8, 4) is 5.75 Å². The zero-order valence-electron chi connectivity index (χ0n) is 10.9. The first-order valence-electron chi connectivity index (χ1n) is 5.98. The van der Waals surface area contributed by atoms with E-state index in [1.165, 1.54) is 6.07 Å². The van der Waals surface area contributed by atoms with Crippen LogP contribution in [0.1, 0.15) is 16.8 Å². The zero-order valence-corrected chi connectivity index (χ0v) is 11.6. The number of hydrogen-bond acceptors (Lipinski definition) is 4. The fraction of sp³-hybridized carbons (Fsp3) is 0.214. The van der Waals surface area contributed by atoms with E-state index in [4.69, 9.17) is 16.3 Å². The van der Waals surface area contributed by atoms with Crippen LogP contribution < -0.4 is 4.74 Å². The van der Waals surface area contributed by atoms with E-state index in [1.807, 2.05) is 19.1 Å². The van der Waals surface area contributed by atoms with Gasteiger partial charge in [0.15, 0.2) is 5.75 Å². The number of nitro benzene ring substituents is 1. The second-order valence-electron chi connectivity index (χ2n) is 4.25. The van der Waals surface area contributed by atoms with Gasteiger partial charge in [0.25, 0.3) is 0 Å². The van der Waals surface area contributed by atoms with Gasteiger partial charge >= 0.3 is 5.69 Å². The van der Waals surface area contributed by atoms with Crippen LogP contribution in [0.5, 0.6) is 5.75 Å². The summed E-state index contributed by atoms with van der Waals surface area (Å²) in [5.41, 5.74) is 2.42. The van der Waals surface area contributed by atoms with Crippen molar-refractivity contribution in [2.24, 2.45) is 0 Å². The molecule has 0 unspecified atom stereocenters. The van der Waals surface area contributed by atoms with Gasteiger partial charge in [-0.3, -0.25) is 15.1 Å². The van der Waals surface area contributed by atoms with Gasteiger partial charge in [-0.05, 0) is 30.2 Å². The molecule has 0 radical (unpaired) electrons. The van der Waals surface area contributed by atoms with Crippen molar-refractivity contribution >= 4 is 17.3 Å². The third kappa shape index (κ3) is 3.24. The summed E-state index contributed by atoms with van der Waals surface area (Å²) in [6.45, 7) is 2.09. The fourth-order valence-corrected chi connectivity index (χ4v) is 1.89. The van der Waals surface area contributed by atoms with E-state index in [9.17, 15) is 10.1 Å². The molecule has 0 N–H and O–H groups in total. The Hall–Kier alpha value is -2.14. The normalized spacial score (nSPS) is 10.3. The number of hydrogen-bond donors (Lipinski definition) is 0. The van der Waals surface area contributed by atoms with Crippen molar-refractivity contribution in [2.45, 2.75) is 19.4 Å². The van der Waals surface area contributed by atoms with Crippen molar-refractivity contribution in [1.82, 2.24) is 4.98 Å². The monoisotopic (exact) mass is 292 g/mol. The lowest BCUT2D eigenvalue weighted by molar-refractivity contribution is -0.386. The minimum absolute atomic E-state index is 0.0764. The van der Waals surface area contributed by atoms with Crippen LogP contribution in [0.4, 0.5) is 5.69 Å². The summed E-state index contributed by atoms with van der Waals surface area (Å²) in [4.78, 5) is 14.7. The molecule has 0 aliphatic carbocycles. The molecule has 2 aromatic rings. The number of ether oxygens (including phenoxy) is 1. The van der Waals surface area contributed by atoms with E-state index < -0.39 is 4.92 Å². The van der Waals surface area contributed by atoms with E-state index in [1.54, 1.807) is 18.3 Å². The summed E-state index contributed by atoms with van der Waals surface area (Å²) in [5, 5.41) is 11.0. The third-order valence-corrected chi connectivity index (χ3v) is 3.17. The molecule has 0 saturated carbocycles. The highest BCUT2D eigenvalue weighted by molar-refractivity contribution is 6.17. The smallest absolute Gasteiger partial charge is 0.310 e. The van der Waals surface area contributed by atoms with E-state index in [2.05, 4.69) is 4.98 Å². The Bertz CT molecular complexity index is 632. The highest BCUT2D eigenvalue weighted by Crippen LogP contribution is 2.29. The molecule has 0 saturated heterocycles. The number of halogens is 1. The van der Waals surface area contributed by atoms with Crippen LogP contribution in [-0.2, 0) is 12.5 Å². The SMILES string of the molecule is Cc1cccnc1COc1cc(CCl)ccc1[N+](=O)[O-]. The van der Waals surface area contributed by atoms with Crippen LogP contribution in [0.15, 0.2) is 36.5 Å². The second kappa shape index (κ2) is 6.34. The zero-order chi connectivity index (χ0) is 14.5. The summed E-state index contributed by atoms with van der Waals surface area (Å²) in [6, 6.07) is 8.34. The molecular weight excluding hydrogens is 280 g/mol. The van der Waals surface area contributed by atoms with Gasteiger partial charge in [0.05, 0.1) is 10.6 Å². The van der Waals surface area contributed by atoms with E-state index in [0.717, 1.165) is 16.8 Å². The average molecular weight is 293 g/mol. The summed E-state index contributed by atoms with van der Waals surface area (Å²) < 4.78 is 5.55. The molecule has 5 nitrogen and oxygen atoms in total. The van der Waals surface area contributed by atoms with Crippen LogP contribution in [0.2, 0.25) is 0 Å². The number of nitrogens with zero attached hydrogens (tertiary/aromatic N) is 2. The topological polar surface area (TPSA) is 65.3 Å². The average Bonchev–Trinajstić information content (AvgIpc) is 2.46. The predicted octanol–water partition coefficient (Wildman–Crippen LogP) is 3.62. The number of rotatable bonds is 5. The maximum atomic E-state index is 11.0. The maximum absolute atomic E-state index is 11.0. The quantitative estimate of drug-likeness (QED) is 0.479. The van der Waals surface area contributed by atoms with Gasteiger partial charge in [0.2, 0.25) is 0 Å². The van der Waals surface area contributed by atoms with Crippen LogP contribution >= 0.6 is 11.6 Å². The first-order valence-corrected chi connectivity index (χ1v) is 6.52. The van der Waals surface area contributed by atoms with Crippen LogP contribution in [0.3, 0.4) is 0 Å². The maximum Gasteiger partial charge on any atom is 0.310 e. The highest BCUT2D eigenvalue weighted by Gasteiger charge is 2.16.